The van der Waals surface area contributed by atoms with Crippen molar-refractivity contribution in [3.05, 3.63) is 54.1 Å². The van der Waals surface area contributed by atoms with Crippen molar-refractivity contribution in [1.82, 2.24) is 0 Å². The highest BCUT2D eigenvalue weighted by Crippen LogP contribution is 2.60. The second kappa shape index (κ2) is 8.30. The summed E-state index contributed by atoms with van der Waals surface area (Å²) < 4.78 is 10.9. The minimum atomic E-state index is -0.566. The van der Waals surface area contributed by atoms with Gasteiger partial charge in [0, 0.05) is 15.7 Å². The first-order chi connectivity index (χ1) is 15.4. The quantitative estimate of drug-likeness (QED) is 0.236. The third-order valence-corrected chi connectivity index (χ3v) is 9.94. The number of aryl methyl sites for hydroxylation is 1. The van der Waals surface area contributed by atoms with E-state index in [4.69, 9.17) is 9.47 Å². The molecule has 2 aliphatic carbocycles. The molecule has 6 atom stereocenters. The number of benzene rings is 2. The number of ether oxygens (including phenoxy) is 2. The van der Waals surface area contributed by atoms with Crippen molar-refractivity contribution in [3.63, 3.8) is 0 Å². The smallest absolute Gasteiger partial charge is 0.349 e. The Kier molecular flexibility index (Phi) is 5.61. The van der Waals surface area contributed by atoms with E-state index >= 15 is 0 Å². The highest BCUT2D eigenvalue weighted by Gasteiger charge is 2.66. The maximum Gasteiger partial charge on any atom is 0.349 e. The average molecular weight is 563 g/mol. The molecule has 2 saturated carbocycles. The minimum absolute atomic E-state index is 0.149. The Morgan fingerprint density at radius 3 is 2.31 bits per heavy atom. The number of para-hydroxylation sites is 1. The van der Waals surface area contributed by atoms with Crippen molar-refractivity contribution in [3.8, 4) is 11.5 Å². The summed E-state index contributed by atoms with van der Waals surface area (Å²) in [5, 5.41) is 0. The van der Waals surface area contributed by atoms with Crippen LogP contribution in [0.25, 0.3) is 0 Å². The van der Waals surface area contributed by atoms with Crippen molar-refractivity contribution < 1.29 is 23.9 Å². The van der Waals surface area contributed by atoms with Gasteiger partial charge in [-0.05, 0) is 48.9 Å². The number of hydrogen-bond donors (Lipinski definition) is 0. The lowest BCUT2D eigenvalue weighted by atomic mass is 9.81. The molecule has 3 fully saturated rings. The summed E-state index contributed by atoms with van der Waals surface area (Å²) in [6.07, 6.45) is 0.880. The predicted octanol–water partition coefficient (Wildman–Crippen LogP) is 4.26. The molecule has 0 spiro atoms. The first-order valence-electron chi connectivity index (χ1n) is 10.5. The fraction of sp³-hybridized carbons (Fsp3) is 0.375. The van der Waals surface area contributed by atoms with E-state index in [1.165, 1.54) is 4.90 Å². The Balaban J connectivity index is 1.29. The number of rotatable bonds is 5. The van der Waals surface area contributed by atoms with Crippen LogP contribution in [0.2, 0.25) is 0 Å². The van der Waals surface area contributed by atoms with E-state index < -0.39 is 5.97 Å². The van der Waals surface area contributed by atoms with Gasteiger partial charge in [0.25, 0.3) is 0 Å². The monoisotopic (exact) mass is 561 g/mol. The van der Waals surface area contributed by atoms with Gasteiger partial charge in [0.2, 0.25) is 11.8 Å². The van der Waals surface area contributed by atoms with Gasteiger partial charge in [0.05, 0.1) is 17.5 Å². The zero-order valence-corrected chi connectivity index (χ0v) is 20.4. The SMILES string of the molecule is Cc1ccccc1OCC(=O)Oc1cccc(N2C(=O)[C@H]3[C@@H]4C[C@@H]([C@@H](Br)[C@H]4Br)[C@@H]3C2=O)c1. The third kappa shape index (κ3) is 3.48. The Morgan fingerprint density at radius 2 is 1.66 bits per heavy atom. The number of hydrogen-bond acceptors (Lipinski definition) is 5. The van der Waals surface area contributed by atoms with Crippen molar-refractivity contribution in [1.29, 1.82) is 0 Å². The maximum atomic E-state index is 13.2. The number of fused-ring (bicyclic) bond motifs is 5. The first kappa shape index (κ1) is 21.6. The summed E-state index contributed by atoms with van der Waals surface area (Å²) in [4.78, 5) is 40.3. The standard InChI is InChI=1S/C24H21Br2NO5/c1-12-5-2-3-8-17(12)31-11-18(28)32-14-7-4-6-13(9-14)27-23(29)19-15-10-16(20(19)24(27)30)22(26)21(15)25/h2-9,15-16,19-22H,10-11H2,1H3/t15-,16+,19-,20-,21-,22+/m0/s1. The second-order valence-electron chi connectivity index (χ2n) is 8.54. The Morgan fingerprint density at radius 1 is 1.00 bits per heavy atom. The molecule has 6 nitrogen and oxygen atoms in total. The summed E-state index contributed by atoms with van der Waals surface area (Å²) in [6.45, 7) is 1.65. The molecule has 2 bridgehead atoms. The summed E-state index contributed by atoms with van der Waals surface area (Å²) in [5.74, 6) is -0.306. The van der Waals surface area contributed by atoms with Gasteiger partial charge in [0.1, 0.15) is 11.5 Å². The molecule has 2 aromatic carbocycles. The van der Waals surface area contributed by atoms with Gasteiger partial charge in [-0.25, -0.2) is 9.69 Å². The molecule has 5 rings (SSSR count). The Bertz CT molecular complexity index is 1070. The molecule has 3 aliphatic rings. The summed E-state index contributed by atoms with van der Waals surface area (Å²) in [6, 6.07) is 13.9. The number of carbonyl (C=O) groups excluding carboxylic acids is 3. The van der Waals surface area contributed by atoms with E-state index in [0.717, 1.165) is 12.0 Å². The second-order valence-corrected chi connectivity index (χ2v) is 10.7. The minimum Gasteiger partial charge on any atom is -0.482 e. The molecule has 0 N–H and O–H groups in total. The van der Waals surface area contributed by atoms with E-state index in [1.807, 2.05) is 25.1 Å². The van der Waals surface area contributed by atoms with Crippen molar-refractivity contribution in [2.24, 2.45) is 23.7 Å². The number of nitrogens with zero attached hydrogens (tertiary/aromatic N) is 1. The number of amides is 2. The van der Waals surface area contributed by atoms with Crippen LogP contribution in [0.15, 0.2) is 48.5 Å². The normalized spacial score (nSPS) is 30.5. The van der Waals surface area contributed by atoms with Gasteiger partial charge in [0.15, 0.2) is 6.61 Å². The van der Waals surface area contributed by atoms with Crippen LogP contribution in [-0.4, -0.2) is 34.0 Å². The zero-order chi connectivity index (χ0) is 22.6. The van der Waals surface area contributed by atoms with Gasteiger partial charge >= 0.3 is 5.97 Å². The van der Waals surface area contributed by atoms with Crippen LogP contribution in [0.4, 0.5) is 5.69 Å². The highest BCUT2D eigenvalue weighted by atomic mass is 79.9. The Labute approximate surface area is 202 Å². The fourth-order valence-corrected chi connectivity index (χ4v) is 7.18. The number of anilines is 1. The fourth-order valence-electron chi connectivity index (χ4n) is 5.31. The van der Waals surface area contributed by atoms with Crippen LogP contribution in [0, 0.1) is 30.6 Å². The van der Waals surface area contributed by atoms with E-state index in [1.54, 1.807) is 30.3 Å². The van der Waals surface area contributed by atoms with E-state index in [0.29, 0.717) is 11.4 Å². The van der Waals surface area contributed by atoms with Gasteiger partial charge in [-0.15, -0.1) is 0 Å². The molecular formula is C24H21Br2NO5. The molecule has 0 radical (unpaired) electrons. The average Bonchev–Trinajstić information content (AvgIpc) is 3.38. The molecule has 1 saturated heterocycles. The van der Waals surface area contributed by atoms with Gasteiger partial charge < -0.3 is 9.47 Å². The molecular weight excluding hydrogens is 542 g/mol. The molecule has 1 heterocycles. The number of esters is 1. The van der Waals surface area contributed by atoms with Crippen LogP contribution < -0.4 is 14.4 Å². The maximum absolute atomic E-state index is 13.2. The molecule has 0 aromatic heterocycles. The van der Waals surface area contributed by atoms with Crippen LogP contribution in [0.3, 0.4) is 0 Å². The van der Waals surface area contributed by atoms with Crippen LogP contribution in [0.1, 0.15) is 12.0 Å². The van der Waals surface area contributed by atoms with Crippen molar-refractivity contribution in [2.45, 2.75) is 23.0 Å². The van der Waals surface area contributed by atoms with E-state index in [9.17, 15) is 14.4 Å². The highest BCUT2D eigenvalue weighted by molar-refractivity contribution is 9.12. The number of carbonyl (C=O) groups is 3. The number of alkyl halides is 2. The summed E-state index contributed by atoms with van der Waals surface area (Å²) in [5.41, 5.74) is 1.35. The van der Waals surface area contributed by atoms with Crippen LogP contribution in [-0.2, 0) is 14.4 Å². The number of imide groups is 1. The van der Waals surface area contributed by atoms with Crippen molar-refractivity contribution in [2.75, 3.05) is 11.5 Å². The molecule has 2 aromatic rings. The van der Waals surface area contributed by atoms with Gasteiger partial charge in [-0.1, -0.05) is 56.1 Å². The van der Waals surface area contributed by atoms with Crippen LogP contribution >= 0.6 is 31.9 Å². The lowest BCUT2D eigenvalue weighted by Crippen LogP contribution is -2.37. The topological polar surface area (TPSA) is 72.9 Å². The van der Waals surface area contributed by atoms with Gasteiger partial charge in [-0.2, -0.15) is 0 Å². The first-order valence-corrected chi connectivity index (χ1v) is 12.3. The lowest BCUT2D eigenvalue weighted by molar-refractivity contribution is -0.136. The molecule has 0 unspecified atom stereocenters. The summed E-state index contributed by atoms with van der Waals surface area (Å²) >= 11 is 7.39. The van der Waals surface area contributed by atoms with E-state index in [2.05, 4.69) is 31.9 Å². The molecule has 8 heteroatoms. The summed E-state index contributed by atoms with van der Waals surface area (Å²) in [7, 11) is 0. The number of halogens is 2. The third-order valence-electron chi connectivity index (χ3n) is 6.73. The van der Waals surface area contributed by atoms with Crippen molar-refractivity contribution >= 4 is 55.3 Å². The van der Waals surface area contributed by atoms with Crippen LogP contribution in [0.5, 0.6) is 11.5 Å². The lowest BCUT2D eigenvalue weighted by Gasteiger charge is -2.28. The Hall–Kier alpha value is -2.19. The molecule has 32 heavy (non-hydrogen) atoms. The predicted molar refractivity (Wildman–Crippen MR) is 125 cm³/mol. The molecule has 1 aliphatic heterocycles. The van der Waals surface area contributed by atoms with Gasteiger partial charge in [-0.3, -0.25) is 9.59 Å². The molecule has 2 amide bonds. The molecule has 166 valence electrons. The largest absolute Gasteiger partial charge is 0.482 e. The zero-order valence-electron chi connectivity index (χ0n) is 17.2. The van der Waals surface area contributed by atoms with E-state index in [-0.39, 0.29) is 57.5 Å².